The summed E-state index contributed by atoms with van der Waals surface area (Å²) < 4.78 is 18.1. The number of aliphatic imine (C=N–C) groups is 1. The zero-order chi connectivity index (χ0) is 19.8. The van der Waals surface area contributed by atoms with Crippen molar-refractivity contribution in [3.8, 4) is 0 Å². The number of aromatic nitrogens is 2. The van der Waals surface area contributed by atoms with Crippen molar-refractivity contribution in [1.29, 1.82) is 0 Å². The molecule has 0 aliphatic rings. The average Bonchev–Trinajstić information content (AvgIpc) is 3.13. The van der Waals surface area contributed by atoms with E-state index in [2.05, 4.69) is 46.5 Å². The quantitative estimate of drug-likeness (QED) is 0.158. The van der Waals surface area contributed by atoms with Crippen LogP contribution in [0, 0.1) is 5.82 Å². The number of Topliss-reactive ketones (excluding diaryl/α,β-unsaturated/α-hetero) is 1. The number of carbonyl (C=O) groups excluding carboxylic acids is 2. The zero-order valence-electron chi connectivity index (χ0n) is 14.1. The van der Waals surface area contributed by atoms with Crippen LogP contribution in [0.4, 0.5) is 15.9 Å². The van der Waals surface area contributed by atoms with Gasteiger partial charge in [0.25, 0.3) is 5.91 Å². The molecular weight excluding hydrogens is 427 g/mol. The van der Waals surface area contributed by atoms with E-state index in [1.165, 1.54) is 18.2 Å². The molecule has 12 heteroatoms. The monoisotopic (exact) mass is 442 g/mol. The number of carbonyl (C=O) groups is 2. The predicted octanol–water partition coefficient (Wildman–Crippen LogP) is 1.54. The van der Waals surface area contributed by atoms with Gasteiger partial charge in [-0.2, -0.15) is 0 Å². The van der Waals surface area contributed by atoms with E-state index in [-0.39, 0.29) is 41.3 Å². The summed E-state index contributed by atoms with van der Waals surface area (Å²) in [5.41, 5.74) is 2.28. The smallest absolute Gasteiger partial charge is 0.287 e. The maximum absolute atomic E-state index is 13.3. The van der Waals surface area contributed by atoms with E-state index in [4.69, 9.17) is 0 Å². The molecule has 0 fully saturated rings. The molecule has 0 spiro atoms. The van der Waals surface area contributed by atoms with Gasteiger partial charge >= 0.3 is 0 Å². The van der Waals surface area contributed by atoms with Crippen molar-refractivity contribution in [2.24, 2.45) is 4.99 Å². The number of nitrogens with zero attached hydrogens (tertiary/aromatic N) is 3. The Balaban J connectivity index is 2.05. The minimum absolute atomic E-state index is 0.0638. The molecule has 1 amide bonds. The van der Waals surface area contributed by atoms with Gasteiger partial charge in [0.2, 0.25) is 11.6 Å². The third kappa shape index (κ3) is 5.56. The normalized spacial score (nSPS) is 11.2. The minimum atomic E-state index is -0.668. The second-order valence-electron chi connectivity index (χ2n) is 5.09. The van der Waals surface area contributed by atoms with E-state index in [0.717, 1.165) is 0 Å². The van der Waals surface area contributed by atoms with Gasteiger partial charge in [-0.25, -0.2) is 14.0 Å². The van der Waals surface area contributed by atoms with Crippen LogP contribution in [-0.2, 0) is 9.59 Å². The first-order valence-electron chi connectivity index (χ1n) is 7.78. The number of rotatable bonds is 8. The molecule has 1 aromatic carbocycles. The standard InChI is InChI=1S/C15H16BrFN6O4/c1-2-11(24)15(25)19-6-5-18-13-12(22-27-23-13)14(21-26)20-8-3-4-10(17)9(16)7-8/h3-4,7,26H,2,5-6H2,1H3,(H,18,23)(H,19,25)(H,20,21). The molecule has 27 heavy (non-hydrogen) atoms. The lowest BCUT2D eigenvalue weighted by molar-refractivity contribution is -0.137. The van der Waals surface area contributed by atoms with Crippen LogP contribution < -0.4 is 16.1 Å². The van der Waals surface area contributed by atoms with Gasteiger partial charge in [-0.15, -0.1) is 0 Å². The fourth-order valence-corrected chi connectivity index (χ4v) is 2.26. The summed E-state index contributed by atoms with van der Waals surface area (Å²) in [6, 6.07) is 4.02. The van der Waals surface area contributed by atoms with Gasteiger partial charge < -0.3 is 10.6 Å². The summed E-state index contributed by atoms with van der Waals surface area (Å²) in [5, 5.41) is 21.9. The summed E-state index contributed by atoms with van der Waals surface area (Å²) in [4.78, 5) is 26.7. The van der Waals surface area contributed by atoms with Gasteiger partial charge in [0, 0.05) is 19.5 Å². The predicted molar refractivity (Wildman–Crippen MR) is 96.3 cm³/mol. The molecule has 0 bridgehead atoms. The van der Waals surface area contributed by atoms with E-state index >= 15 is 0 Å². The van der Waals surface area contributed by atoms with Crippen LogP contribution in [0.25, 0.3) is 0 Å². The number of amides is 1. The summed E-state index contributed by atoms with van der Waals surface area (Å²) in [5.74, 6) is -1.58. The number of benzene rings is 1. The van der Waals surface area contributed by atoms with Gasteiger partial charge in [0.15, 0.2) is 11.5 Å². The molecule has 0 unspecified atom stereocenters. The van der Waals surface area contributed by atoms with Gasteiger partial charge in [-0.3, -0.25) is 20.3 Å². The van der Waals surface area contributed by atoms with Crippen molar-refractivity contribution in [3.63, 3.8) is 0 Å². The van der Waals surface area contributed by atoms with Gasteiger partial charge in [0.1, 0.15) is 5.82 Å². The van der Waals surface area contributed by atoms with Crippen molar-refractivity contribution in [2.75, 3.05) is 18.4 Å². The maximum atomic E-state index is 13.3. The Bertz CT molecular complexity index is 857. The summed E-state index contributed by atoms with van der Waals surface area (Å²) in [7, 11) is 0. The Kier molecular flexibility index (Phi) is 7.37. The van der Waals surface area contributed by atoms with Crippen LogP contribution in [0.1, 0.15) is 19.0 Å². The molecule has 0 saturated heterocycles. The van der Waals surface area contributed by atoms with Crippen LogP contribution >= 0.6 is 15.9 Å². The highest BCUT2D eigenvalue weighted by atomic mass is 79.9. The number of hydroxylamine groups is 1. The summed E-state index contributed by atoms with van der Waals surface area (Å²) in [6.45, 7) is 1.96. The average molecular weight is 443 g/mol. The van der Waals surface area contributed by atoms with Crippen molar-refractivity contribution in [2.45, 2.75) is 13.3 Å². The highest BCUT2D eigenvalue weighted by Gasteiger charge is 2.17. The number of hydrogen-bond donors (Lipinski definition) is 4. The summed E-state index contributed by atoms with van der Waals surface area (Å²) in [6.07, 6.45) is 0.123. The number of nitrogens with one attached hydrogen (secondary N) is 3. The number of amidine groups is 1. The van der Waals surface area contributed by atoms with Gasteiger partial charge in [-0.1, -0.05) is 6.92 Å². The van der Waals surface area contributed by atoms with Crippen LogP contribution in [0.5, 0.6) is 0 Å². The molecule has 0 atom stereocenters. The molecule has 0 saturated carbocycles. The lowest BCUT2D eigenvalue weighted by atomic mass is 10.3. The fraction of sp³-hybridized carbons (Fsp3) is 0.267. The first kappa shape index (κ1) is 20.5. The molecule has 4 N–H and O–H groups in total. The number of halogens is 2. The summed E-state index contributed by atoms with van der Waals surface area (Å²) >= 11 is 3.05. The van der Waals surface area contributed by atoms with Gasteiger partial charge in [-0.05, 0) is 44.4 Å². The van der Waals surface area contributed by atoms with Gasteiger partial charge in [0.05, 0.1) is 10.2 Å². The molecule has 1 heterocycles. The van der Waals surface area contributed by atoms with Crippen molar-refractivity contribution >= 4 is 45.0 Å². The topological polar surface area (TPSA) is 142 Å². The van der Waals surface area contributed by atoms with Crippen LogP contribution in [-0.4, -0.2) is 46.1 Å². The largest absolute Gasteiger partial charge is 0.363 e. The first-order valence-corrected chi connectivity index (χ1v) is 8.57. The van der Waals surface area contributed by atoms with Crippen molar-refractivity contribution in [1.82, 2.24) is 21.1 Å². The van der Waals surface area contributed by atoms with Crippen LogP contribution in [0.3, 0.4) is 0 Å². The molecule has 144 valence electrons. The zero-order valence-corrected chi connectivity index (χ0v) is 15.7. The molecule has 2 rings (SSSR count). The highest BCUT2D eigenvalue weighted by Crippen LogP contribution is 2.23. The minimum Gasteiger partial charge on any atom is -0.363 e. The molecule has 10 nitrogen and oxygen atoms in total. The number of hydrogen-bond acceptors (Lipinski definition) is 8. The van der Waals surface area contributed by atoms with Crippen LogP contribution in [0.2, 0.25) is 0 Å². The lowest BCUT2D eigenvalue weighted by Crippen LogP contribution is -2.34. The second kappa shape index (κ2) is 9.73. The molecule has 0 radical (unpaired) electrons. The molecule has 0 aliphatic heterocycles. The van der Waals surface area contributed by atoms with E-state index in [0.29, 0.717) is 5.69 Å². The van der Waals surface area contributed by atoms with E-state index in [1.807, 2.05) is 5.48 Å². The van der Waals surface area contributed by atoms with E-state index < -0.39 is 17.5 Å². The molecule has 1 aromatic heterocycles. The maximum Gasteiger partial charge on any atom is 0.287 e. The number of ketones is 1. The molecule has 0 aliphatic carbocycles. The first-order chi connectivity index (χ1) is 13.0. The Morgan fingerprint density at radius 3 is 2.78 bits per heavy atom. The van der Waals surface area contributed by atoms with E-state index in [1.54, 1.807) is 6.92 Å². The molecular formula is C15H16BrFN6O4. The highest BCUT2D eigenvalue weighted by molar-refractivity contribution is 9.10. The SMILES string of the molecule is CCC(=O)C(=O)NCCNc1nonc1C(=Nc1ccc(F)c(Br)c1)NO. The van der Waals surface area contributed by atoms with Crippen LogP contribution in [0.15, 0.2) is 32.3 Å². The third-order valence-electron chi connectivity index (χ3n) is 3.24. The molecule has 2 aromatic rings. The Morgan fingerprint density at radius 2 is 2.11 bits per heavy atom. The third-order valence-corrected chi connectivity index (χ3v) is 3.85. The van der Waals surface area contributed by atoms with Crippen molar-refractivity contribution in [3.05, 3.63) is 34.2 Å². The lowest BCUT2D eigenvalue weighted by Gasteiger charge is -2.07. The number of anilines is 1. The fourth-order valence-electron chi connectivity index (χ4n) is 1.89. The Labute approximate surface area is 161 Å². The van der Waals surface area contributed by atoms with E-state index in [9.17, 15) is 19.2 Å². The Hall–Kier alpha value is -2.86. The Morgan fingerprint density at radius 1 is 1.33 bits per heavy atom. The second-order valence-corrected chi connectivity index (χ2v) is 5.95. The van der Waals surface area contributed by atoms with Crippen molar-refractivity contribution < 1.29 is 23.8 Å².